The van der Waals surface area contributed by atoms with Crippen molar-refractivity contribution in [2.24, 2.45) is 5.11 Å². The topological polar surface area (TPSA) is 106 Å². The molecule has 0 bridgehead atoms. The van der Waals surface area contributed by atoms with E-state index < -0.39 is 12.0 Å². The van der Waals surface area contributed by atoms with Crippen molar-refractivity contribution in [1.82, 2.24) is 4.90 Å². The molecule has 1 aliphatic carbocycles. The SMILES string of the molecule is [N-]=[N+]=NC1CCCC2(CCC2)N(CC(=O)O)C1=O. The van der Waals surface area contributed by atoms with Gasteiger partial charge in [0.1, 0.15) is 12.6 Å². The van der Waals surface area contributed by atoms with Crippen LogP contribution in [-0.2, 0) is 9.59 Å². The number of carboxylic acids is 1. The second-order valence-electron chi connectivity index (χ2n) is 5.01. The van der Waals surface area contributed by atoms with Gasteiger partial charge in [-0.15, -0.1) is 0 Å². The molecule has 1 spiro atoms. The fraction of sp³-hybridized carbons (Fsp3) is 0.818. The van der Waals surface area contributed by atoms with Crippen LogP contribution in [0.5, 0.6) is 0 Å². The van der Waals surface area contributed by atoms with E-state index in [0.29, 0.717) is 6.42 Å². The summed E-state index contributed by atoms with van der Waals surface area (Å²) < 4.78 is 0. The Kier molecular flexibility index (Phi) is 3.43. The first kappa shape index (κ1) is 12.7. The average Bonchev–Trinajstić information content (AvgIpc) is 2.39. The third-order valence-corrected chi connectivity index (χ3v) is 4.01. The predicted molar refractivity (Wildman–Crippen MR) is 62.7 cm³/mol. The van der Waals surface area contributed by atoms with Crippen molar-refractivity contribution in [3.05, 3.63) is 10.4 Å². The molecular formula is C11H16N4O3. The smallest absolute Gasteiger partial charge is 0.323 e. The fourth-order valence-corrected chi connectivity index (χ4v) is 2.95. The van der Waals surface area contributed by atoms with Gasteiger partial charge < -0.3 is 10.0 Å². The minimum absolute atomic E-state index is 0.295. The number of carbonyl (C=O) groups is 2. The maximum atomic E-state index is 12.3. The van der Waals surface area contributed by atoms with Crippen LogP contribution in [0.2, 0.25) is 0 Å². The molecule has 1 N–H and O–H groups in total. The zero-order valence-corrected chi connectivity index (χ0v) is 10.1. The standard InChI is InChI=1S/C11H16N4O3/c12-14-13-8-3-1-4-11(5-2-6-11)15(10(8)18)7-9(16)17/h8H,1-7H2,(H,16,17). The summed E-state index contributed by atoms with van der Waals surface area (Å²) in [4.78, 5) is 27.3. The number of carboxylic acid groups (broad SMARTS) is 1. The van der Waals surface area contributed by atoms with E-state index >= 15 is 0 Å². The Morgan fingerprint density at radius 2 is 2.17 bits per heavy atom. The number of hydrogen-bond acceptors (Lipinski definition) is 3. The van der Waals surface area contributed by atoms with Crippen LogP contribution in [0.4, 0.5) is 0 Å². The van der Waals surface area contributed by atoms with Crippen molar-refractivity contribution in [3.8, 4) is 0 Å². The number of rotatable bonds is 3. The summed E-state index contributed by atoms with van der Waals surface area (Å²) in [6, 6.07) is -0.741. The first-order valence-corrected chi connectivity index (χ1v) is 6.16. The van der Waals surface area contributed by atoms with E-state index in [4.69, 9.17) is 10.6 Å². The Bertz CT molecular complexity index is 413. The van der Waals surface area contributed by atoms with E-state index in [2.05, 4.69) is 10.0 Å². The third kappa shape index (κ3) is 2.13. The van der Waals surface area contributed by atoms with Gasteiger partial charge >= 0.3 is 5.97 Å². The van der Waals surface area contributed by atoms with Gasteiger partial charge in [0.05, 0.1) is 0 Å². The zero-order chi connectivity index (χ0) is 13.2. The van der Waals surface area contributed by atoms with Crippen LogP contribution in [-0.4, -0.2) is 40.0 Å². The number of aliphatic carboxylic acids is 1. The molecule has 7 heteroatoms. The van der Waals surface area contributed by atoms with Crippen LogP contribution >= 0.6 is 0 Å². The quantitative estimate of drug-likeness (QED) is 0.469. The Morgan fingerprint density at radius 3 is 2.67 bits per heavy atom. The predicted octanol–water partition coefficient (Wildman–Crippen LogP) is 1.69. The van der Waals surface area contributed by atoms with Crippen LogP contribution in [0.25, 0.3) is 10.4 Å². The molecule has 0 radical (unpaired) electrons. The van der Waals surface area contributed by atoms with Crippen LogP contribution in [0, 0.1) is 0 Å². The van der Waals surface area contributed by atoms with Crippen molar-refractivity contribution in [2.45, 2.75) is 50.1 Å². The van der Waals surface area contributed by atoms with E-state index in [1.165, 1.54) is 4.90 Å². The van der Waals surface area contributed by atoms with E-state index in [9.17, 15) is 9.59 Å². The van der Waals surface area contributed by atoms with E-state index in [0.717, 1.165) is 32.1 Å². The lowest BCUT2D eigenvalue weighted by atomic mass is 9.72. The molecule has 2 fully saturated rings. The molecule has 1 heterocycles. The number of hydrogen-bond donors (Lipinski definition) is 1. The van der Waals surface area contributed by atoms with Crippen molar-refractivity contribution < 1.29 is 14.7 Å². The monoisotopic (exact) mass is 252 g/mol. The van der Waals surface area contributed by atoms with Crippen molar-refractivity contribution >= 4 is 11.9 Å². The van der Waals surface area contributed by atoms with Gasteiger partial charge in [-0.1, -0.05) is 11.5 Å². The molecule has 18 heavy (non-hydrogen) atoms. The lowest BCUT2D eigenvalue weighted by Gasteiger charge is -2.49. The van der Waals surface area contributed by atoms with Crippen molar-refractivity contribution in [2.75, 3.05) is 6.54 Å². The number of amides is 1. The fourth-order valence-electron chi connectivity index (χ4n) is 2.95. The molecule has 0 aromatic carbocycles. The lowest BCUT2D eigenvalue weighted by molar-refractivity contribution is -0.153. The van der Waals surface area contributed by atoms with E-state index in [1.54, 1.807) is 0 Å². The summed E-state index contributed by atoms with van der Waals surface area (Å²) in [6.45, 7) is -0.295. The Hall–Kier alpha value is -1.75. The molecule has 1 saturated carbocycles. The maximum Gasteiger partial charge on any atom is 0.323 e. The first-order valence-electron chi connectivity index (χ1n) is 6.16. The summed E-state index contributed by atoms with van der Waals surface area (Å²) in [7, 11) is 0. The van der Waals surface area contributed by atoms with Gasteiger partial charge in [-0.3, -0.25) is 9.59 Å². The number of nitrogens with zero attached hydrogens (tertiary/aromatic N) is 4. The molecule has 7 nitrogen and oxygen atoms in total. The zero-order valence-electron chi connectivity index (χ0n) is 10.1. The Labute approximate surface area is 104 Å². The minimum atomic E-state index is -1.02. The van der Waals surface area contributed by atoms with Gasteiger partial charge in [0.2, 0.25) is 5.91 Å². The molecule has 1 aliphatic heterocycles. The molecular weight excluding hydrogens is 236 g/mol. The highest BCUT2D eigenvalue weighted by Gasteiger charge is 2.48. The van der Waals surface area contributed by atoms with Gasteiger partial charge in [0.15, 0.2) is 0 Å². The molecule has 1 amide bonds. The summed E-state index contributed by atoms with van der Waals surface area (Å²) in [6.07, 6.45) is 4.86. The normalized spacial score (nSPS) is 26.1. The number of azide groups is 1. The van der Waals surface area contributed by atoms with Gasteiger partial charge in [-0.05, 0) is 37.6 Å². The molecule has 0 aromatic heterocycles. The van der Waals surface area contributed by atoms with Crippen LogP contribution in [0.3, 0.4) is 0 Å². The largest absolute Gasteiger partial charge is 0.480 e. The molecule has 2 rings (SSSR count). The number of carbonyl (C=O) groups excluding carboxylic acids is 1. The summed E-state index contributed by atoms with van der Waals surface area (Å²) in [5.74, 6) is -1.34. The summed E-state index contributed by atoms with van der Waals surface area (Å²) >= 11 is 0. The lowest BCUT2D eigenvalue weighted by Crippen LogP contribution is -2.58. The van der Waals surface area contributed by atoms with Gasteiger partial charge in [-0.25, -0.2) is 0 Å². The van der Waals surface area contributed by atoms with Gasteiger partial charge in [0, 0.05) is 10.5 Å². The third-order valence-electron chi connectivity index (χ3n) is 4.01. The molecule has 1 saturated heterocycles. The van der Waals surface area contributed by atoms with Crippen molar-refractivity contribution in [3.63, 3.8) is 0 Å². The maximum absolute atomic E-state index is 12.3. The molecule has 0 aromatic rings. The van der Waals surface area contributed by atoms with Gasteiger partial charge in [-0.2, -0.15) is 0 Å². The molecule has 1 unspecified atom stereocenters. The molecule has 2 aliphatic rings. The Morgan fingerprint density at radius 1 is 1.50 bits per heavy atom. The van der Waals surface area contributed by atoms with Crippen LogP contribution in [0.1, 0.15) is 38.5 Å². The van der Waals surface area contributed by atoms with E-state index in [-0.39, 0.29) is 18.0 Å². The van der Waals surface area contributed by atoms with Crippen molar-refractivity contribution in [1.29, 1.82) is 0 Å². The second-order valence-corrected chi connectivity index (χ2v) is 5.01. The summed E-state index contributed by atoms with van der Waals surface area (Å²) in [5.41, 5.74) is 8.17. The summed E-state index contributed by atoms with van der Waals surface area (Å²) in [5, 5.41) is 12.4. The number of likely N-dealkylation sites (tertiary alicyclic amines) is 1. The first-order chi connectivity index (χ1) is 8.59. The Balaban J connectivity index is 2.27. The van der Waals surface area contributed by atoms with Gasteiger partial charge in [0.25, 0.3) is 0 Å². The highest BCUT2D eigenvalue weighted by Crippen LogP contribution is 2.44. The van der Waals surface area contributed by atoms with Crippen LogP contribution < -0.4 is 0 Å². The highest BCUT2D eigenvalue weighted by molar-refractivity contribution is 5.86. The average molecular weight is 252 g/mol. The van der Waals surface area contributed by atoms with Crippen LogP contribution in [0.15, 0.2) is 5.11 Å². The second kappa shape index (κ2) is 4.86. The van der Waals surface area contributed by atoms with E-state index in [1.807, 2.05) is 0 Å². The molecule has 1 atom stereocenters. The highest BCUT2D eigenvalue weighted by atomic mass is 16.4. The minimum Gasteiger partial charge on any atom is -0.480 e. The molecule has 98 valence electrons.